The number of rotatable bonds is 1. The molecule has 21 heavy (non-hydrogen) atoms. The molecule has 4 rings (SSSR count). The van der Waals surface area contributed by atoms with E-state index in [0.29, 0.717) is 0 Å². The van der Waals surface area contributed by atoms with Gasteiger partial charge in [0, 0.05) is 0 Å². The minimum absolute atomic E-state index is 0.0203. The molecule has 104 valence electrons. The molecule has 0 bridgehead atoms. The summed E-state index contributed by atoms with van der Waals surface area (Å²) in [6.07, 6.45) is 0. The molecule has 0 spiro atoms. The minimum atomic E-state index is 0.0203. The van der Waals surface area contributed by atoms with Crippen LogP contribution in [0.3, 0.4) is 0 Å². The zero-order valence-electron chi connectivity index (χ0n) is 11.8. The molecule has 0 saturated carbocycles. The molecular weight excluding hydrogens is 359 g/mol. The van der Waals surface area contributed by atoms with Crippen molar-refractivity contribution in [3.63, 3.8) is 0 Å². The Morgan fingerprint density at radius 3 is 2.43 bits per heavy atom. The summed E-state index contributed by atoms with van der Waals surface area (Å²) in [5.74, 6) is 0. The SMILES string of the molecule is Cn1c(=[As]c2sc3ccccc3[n+]2C)sc2ccccc21. The van der Waals surface area contributed by atoms with Crippen molar-refractivity contribution < 1.29 is 4.57 Å². The molecular formula is C16H14AsN2S2+. The van der Waals surface area contributed by atoms with E-state index in [4.69, 9.17) is 0 Å². The zero-order valence-corrected chi connectivity index (χ0v) is 15.3. The molecule has 0 atom stereocenters. The van der Waals surface area contributed by atoms with Gasteiger partial charge in [-0.2, -0.15) is 0 Å². The molecule has 0 saturated heterocycles. The Morgan fingerprint density at radius 2 is 1.67 bits per heavy atom. The second kappa shape index (κ2) is 5.20. The van der Waals surface area contributed by atoms with Crippen molar-refractivity contribution in [2.45, 2.75) is 0 Å². The maximum absolute atomic E-state index is 2.37. The third kappa shape index (κ3) is 2.22. The number of fused-ring (bicyclic) bond motifs is 2. The van der Waals surface area contributed by atoms with Crippen molar-refractivity contribution in [2.75, 3.05) is 0 Å². The van der Waals surface area contributed by atoms with Gasteiger partial charge in [-0.3, -0.25) is 0 Å². The van der Waals surface area contributed by atoms with E-state index in [1.807, 2.05) is 22.7 Å². The Hall–Kier alpha value is -1.22. The van der Waals surface area contributed by atoms with Crippen LogP contribution in [0.15, 0.2) is 48.5 Å². The van der Waals surface area contributed by atoms with Crippen molar-refractivity contribution >= 4 is 62.2 Å². The fraction of sp³-hybridized carbons (Fsp3) is 0.125. The van der Waals surface area contributed by atoms with Crippen LogP contribution in [0.1, 0.15) is 0 Å². The summed E-state index contributed by atoms with van der Waals surface area (Å²) in [7, 11) is 4.38. The van der Waals surface area contributed by atoms with Crippen LogP contribution in [0.5, 0.6) is 0 Å². The second-order valence-corrected chi connectivity index (χ2v) is 10.6. The van der Waals surface area contributed by atoms with Crippen molar-refractivity contribution in [1.82, 2.24) is 4.57 Å². The number of hydrogen-bond donors (Lipinski definition) is 0. The van der Waals surface area contributed by atoms with Crippen LogP contribution >= 0.6 is 22.7 Å². The third-order valence-electron chi connectivity index (χ3n) is 3.62. The second-order valence-electron chi connectivity index (χ2n) is 4.93. The molecule has 0 aliphatic heterocycles. The number of thiazole rings is 2. The van der Waals surface area contributed by atoms with E-state index in [1.165, 1.54) is 27.6 Å². The van der Waals surface area contributed by atoms with Gasteiger partial charge in [-0.25, -0.2) is 0 Å². The number of benzene rings is 2. The van der Waals surface area contributed by atoms with Crippen LogP contribution in [0.25, 0.3) is 20.4 Å². The van der Waals surface area contributed by atoms with Crippen molar-refractivity contribution in [3.8, 4) is 0 Å². The molecule has 0 N–H and O–H groups in total. The standard InChI is InChI=1S/C16H14AsN2S2/c1-18-11-7-3-5-9-13(11)20-15(18)17-16-19(2)12-8-4-6-10-14(12)21-16/h3-10H,1-2H3/q+1. The van der Waals surface area contributed by atoms with Crippen LogP contribution in [-0.4, -0.2) is 19.9 Å². The molecule has 0 unspecified atom stereocenters. The molecule has 5 heteroatoms. The van der Waals surface area contributed by atoms with Crippen molar-refractivity contribution in [3.05, 3.63) is 51.9 Å². The van der Waals surface area contributed by atoms with Crippen molar-refractivity contribution in [2.24, 2.45) is 14.1 Å². The molecule has 2 nitrogen and oxygen atoms in total. The van der Waals surface area contributed by atoms with Gasteiger partial charge in [-0.1, -0.05) is 0 Å². The molecule has 0 amide bonds. The monoisotopic (exact) mass is 373 g/mol. The number of aromatic nitrogens is 2. The normalized spacial score (nSPS) is 12.6. The van der Waals surface area contributed by atoms with Gasteiger partial charge in [-0.15, -0.1) is 0 Å². The van der Waals surface area contributed by atoms with E-state index in [2.05, 4.69) is 71.8 Å². The average molecular weight is 373 g/mol. The van der Waals surface area contributed by atoms with Gasteiger partial charge in [0.05, 0.1) is 0 Å². The van der Waals surface area contributed by atoms with Gasteiger partial charge >= 0.3 is 137 Å². The summed E-state index contributed by atoms with van der Waals surface area (Å²) >= 11 is 3.89. The van der Waals surface area contributed by atoms with Crippen LogP contribution in [0.4, 0.5) is 0 Å². The molecule has 0 radical (unpaired) electrons. The number of hydrogen-bond acceptors (Lipinski definition) is 2. The van der Waals surface area contributed by atoms with Gasteiger partial charge in [0.1, 0.15) is 0 Å². The first kappa shape index (κ1) is 13.4. The molecule has 2 heterocycles. The predicted molar refractivity (Wildman–Crippen MR) is 92.4 cm³/mol. The summed E-state index contributed by atoms with van der Waals surface area (Å²) < 4.78 is 10.5. The zero-order chi connectivity index (χ0) is 14.4. The Labute approximate surface area is 137 Å². The fourth-order valence-corrected chi connectivity index (χ4v) is 8.76. The quantitative estimate of drug-likeness (QED) is 0.358. The van der Waals surface area contributed by atoms with Crippen LogP contribution in [0, 0.1) is 3.39 Å². The average Bonchev–Trinajstić information content (AvgIpc) is 2.99. The topological polar surface area (TPSA) is 8.81 Å². The van der Waals surface area contributed by atoms with Crippen LogP contribution in [0.2, 0.25) is 0 Å². The molecule has 0 aliphatic rings. The third-order valence-corrected chi connectivity index (χ3v) is 9.82. The summed E-state index contributed by atoms with van der Waals surface area (Å²) in [6.45, 7) is 0. The van der Waals surface area contributed by atoms with E-state index >= 15 is 0 Å². The van der Waals surface area contributed by atoms with E-state index < -0.39 is 0 Å². The Kier molecular flexibility index (Phi) is 3.33. The molecule has 4 aromatic rings. The predicted octanol–water partition coefficient (Wildman–Crippen LogP) is 2.84. The Bertz CT molecular complexity index is 1020. The summed E-state index contributed by atoms with van der Waals surface area (Å²) in [5.41, 5.74) is 2.69. The summed E-state index contributed by atoms with van der Waals surface area (Å²) in [4.78, 5) is 0. The van der Waals surface area contributed by atoms with E-state index in [0.717, 1.165) is 0 Å². The van der Waals surface area contributed by atoms with Crippen LogP contribution in [-0.2, 0) is 14.1 Å². The first-order valence-electron chi connectivity index (χ1n) is 6.71. The first-order chi connectivity index (χ1) is 10.2. The number of aryl methyl sites for hydroxylation is 2. The summed E-state index contributed by atoms with van der Waals surface area (Å²) in [5, 5.41) is 0. The summed E-state index contributed by atoms with van der Waals surface area (Å²) in [6, 6.07) is 17.3. The molecule has 0 fully saturated rings. The first-order valence-corrected chi connectivity index (χ1v) is 10.2. The maximum atomic E-state index is 2.37. The Balaban J connectivity index is 2.00. The van der Waals surface area contributed by atoms with Crippen molar-refractivity contribution in [1.29, 1.82) is 0 Å². The molecule has 2 aromatic carbocycles. The Morgan fingerprint density at radius 1 is 0.952 bits per heavy atom. The van der Waals surface area contributed by atoms with E-state index in [-0.39, 0.29) is 15.3 Å². The van der Waals surface area contributed by atoms with Gasteiger partial charge in [-0.05, 0) is 0 Å². The fourth-order valence-electron chi connectivity index (χ4n) is 2.46. The van der Waals surface area contributed by atoms with Gasteiger partial charge in [0.15, 0.2) is 0 Å². The molecule has 0 aliphatic carbocycles. The van der Waals surface area contributed by atoms with Crippen LogP contribution < -0.4 is 8.36 Å². The molecule has 2 aromatic heterocycles. The number of nitrogens with zero attached hydrogens (tertiary/aromatic N) is 2. The van der Waals surface area contributed by atoms with Gasteiger partial charge < -0.3 is 0 Å². The van der Waals surface area contributed by atoms with Gasteiger partial charge in [0.2, 0.25) is 0 Å². The van der Waals surface area contributed by atoms with Gasteiger partial charge in [0.25, 0.3) is 0 Å². The van der Waals surface area contributed by atoms with E-state index in [1.54, 1.807) is 0 Å². The van der Waals surface area contributed by atoms with E-state index in [9.17, 15) is 0 Å². The number of para-hydroxylation sites is 2.